The first-order valence-electron chi connectivity index (χ1n) is 9.36. The zero-order chi connectivity index (χ0) is 22.1. The number of carbonyl (C=O) groups is 3. The third kappa shape index (κ3) is 3.77. The second kappa shape index (κ2) is 8.01. The molecule has 1 fully saturated rings. The maximum Gasteiger partial charge on any atom is 0.348 e. The number of urea groups is 1. The van der Waals surface area contributed by atoms with E-state index in [2.05, 4.69) is 10.1 Å². The van der Waals surface area contributed by atoms with Gasteiger partial charge in [0.2, 0.25) is 0 Å². The van der Waals surface area contributed by atoms with Gasteiger partial charge in [-0.1, -0.05) is 17.3 Å². The Morgan fingerprint density at radius 1 is 1.23 bits per heavy atom. The summed E-state index contributed by atoms with van der Waals surface area (Å²) in [5, 5.41) is 3.92. The van der Waals surface area contributed by atoms with Gasteiger partial charge in [0.05, 0.1) is 7.11 Å². The largest absolute Gasteiger partial charge is 0.497 e. The first-order valence-corrected chi connectivity index (χ1v) is 9.36. The summed E-state index contributed by atoms with van der Waals surface area (Å²) in [5.74, 6) is 0.441. The quantitative estimate of drug-likeness (QED) is 0.494. The second-order valence-electron chi connectivity index (χ2n) is 6.99. The zero-order valence-electron chi connectivity index (χ0n) is 17.1. The van der Waals surface area contributed by atoms with Gasteiger partial charge in [-0.2, -0.15) is 0 Å². The van der Waals surface area contributed by atoms with E-state index < -0.39 is 23.9 Å². The molecule has 4 rings (SSSR count). The molecule has 2 aliphatic heterocycles. The lowest BCUT2D eigenvalue weighted by molar-refractivity contribution is -0.521. The van der Waals surface area contributed by atoms with Gasteiger partial charge in [0, 0.05) is 25.7 Å². The van der Waals surface area contributed by atoms with Crippen LogP contribution in [-0.4, -0.2) is 83.4 Å². The summed E-state index contributed by atoms with van der Waals surface area (Å²) in [6, 6.07) is 7.65. The lowest BCUT2D eigenvalue weighted by atomic mass is 10.1. The fourth-order valence-electron chi connectivity index (χ4n) is 3.32. The summed E-state index contributed by atoms with van der Waals surface area (Å²) in [5.41, 5.74) is 1.21. The van der Waals surface area contributed by atoms with Crippen molar-refractivity contribution >= 4 is 30.1 Å². The van der Waals surface area contributed by atoms with Crippen molar-refractivity contribution < 1.29 is 33.0 Å². The minimum atomic E-state index is -0.841. The number of aromatic nitrogens is 1. The monoisotopic (exact) mass is 426 g/mol. The van der Waals surface area contributed by atoms with Crippen LogP contribution >= 0.6 is 0 Å². The number of benzene rings is 1. The molecule has 2 aromatic rings. The molecule has 3 amide bonds. The molecule has 3 heterocycles. The normalized spacial score (nSPS) is 18.0. The number of nitrogens with zero attached hydrogens (tertiary/aromatic N) is 5. The second-order valence-corrected chi connectivity index (χ2v) is 6.99. The number of esters is 1. The lowest BCUT2D eigenvalue weighted by Crippen LogP contribution is -2.61. The van der Waals surface area contributed by atoms with Crippen molar-refractivity contribution in [1.82, 2.24) is 15.0 Å². The van der Waals surface area contributed by atoms with E-state index in [9.17, 15) is 14.4 Å². The predicted molar refractivity (Wildman–Crippen MR) is 107 cm³/mol. The van der Waals surface area contributed by atoms with Crippen LogP contribution in [0.1, 0.15) is 5.69 Å². The Morgan fingerprint density at radius 3 is 2.81 bits per heavy atom. The van der Waals surface area contributed by atoms with Gasteiger partial charge in [-0.05, 0) is 17.1 Å². The first-order chi connectivity index (χ1) is 14.9. The molecule has 2 aliphatic rings. The third-order valence-electron chi connectivity index (χ3n) is 5.00. The highest BCUT2D eigenvalue weighted by Crippen LogP contribution is 2.24. The van der Waals surface area contributed by atoms with E-state index in [0.29, 0.717) is 17.2 Å². The van der Waals surface area contributed by atoms with E-state index in [1.165, 1.54) is 29.9 Å². The molecule has 0 radical (unpaired) electrons. The standard InChI is InChI=1S/C20H20N5O6/c1-23-18-17(19(27)24(2)20(23)28)25(11-21-18)9-16(26)30-10-13-8-15(31-22-13)12-5-4-6-14(7-12)29-3/h4-8,11,17H,9-10H2,1-3H3/q+1. The molecule has 11 heteroatoms. The molecule has 0 spiro atoms. The molecule has 0 bridgehead atoms. The van der Waals surface area contributed by atoms with E-state index >= 15 is 0 Å². The van der Waals surface area contributed by atoms with Gasteiger partial charge in [0.25, 0.3) is 24.1 Å². The van der Waals surface area contributed by atoms with Crippen LogP contribution in [0.3, 0.4) is 0 Å². The molecule has 1 unspecified atom stereocenters. The molecular formula is C20H20N5O6+. The van der Waals surface area contributed by atoms with Gasteiger partial charge in [-0.15, -0.1) is 0 Å². The molecular weight excluding hydrogens is 406 g/mol. The summed E-state index contributed by atoms with van der Waals surface area (Å²) < 4.78 is 17.2. The molecule has 0 aliphatic carbocycles. The Hall–Kier alpha value is -4.02. The van der Waals surface area contributed by atoms with Crippen LogP contribution in [0.25, 0.3) is 11.3 Å². The molecule has 1 aromatic heterocycles. The number of fused-ring (bicyclic) bond motifs is 1. The topological polar surface area (TPSA) is 118 Å². The SMILES string of the molecule is COc1cccc(-c2cc(COC(=O)C[N+]3=CN=C4C3C(=O)N(C)C(=O)N4C)no2)c1. The predicted octanol–water partition coefficient (Wildman–Crippen LogP) is 0.739. The molecule has 1 atom stereocenters. The van der Waals surface area contributed by atoms with E-state index in [1.54, 1.807) is 19.2 Å². The first kappa shape index (κ1) is 20.3. The Bertz CT molecular complexity index is 1120. The number of hydrogen-bond donors (Lipinski definition) is 0. The Kier molecular flexibility index (Phi) is 5.24. The summed E-state index contributed by atoms with van der Waals surface area (Å²) >= 11 is 0. The van der Waals surface area contributed by atoms with Crippen molar-refractivity contribution in [3.05, 3.63) is 36.0 Å². The van der Waals surface area contributed by atoms with E-state index in [0.717, 1.165) is 10.5 Å². The molecule has 160 valence electrons. The number of imide groups is 1. The number of amides is 3. The van der Waals surface area contributed by atoms with Crippen molar-refractivity contribution in [2.75, 3.05) is 27.7 Å². The summed E-state index contributed by atoms with van der Waals surface area (Å²) in [6.07, 6.45) is 1.36. The van der Waals surface area contributed by atoms with Crippen molar-refractivity contribution in [3.8, 4) is 17.1 Å². The Balaban J connectivity index is 1.36. The van der Waals surface area contributed by atoms with E-state index in [1.807, 2.05) is 18.2 Å². The lowest BCUT2D eigenvalue weighted by Gasteiger charge is -2.30. The van der Waals surface area contributed by atoms with Crippen LogP contribution in [0.15, 0.2) is 39.8 Å². The van der Waals surface area contributed by atoms with Crippen LogP contribution in [-0.2, 0) is 20.9 Å². The van der Waals surface area contributed by atoms with Crippen LogP contribution in [0, 0.1) is 0 Å². The molecule has 0 N–H and O–H groups in total. The fourth-order valence-corrected chi connectivity index (χ4v) is 3.32. The number of methoxy groups -OCH3 is 1. The van der Waals surface area contributed by atoms with Crippen molar-refractivity contribution in [2.24, 2.45) is 4.99 Å². The highest BCUT2D eigenvalue weighted by molar-refractivity contribution is 6.21. The number of hydrogen-bond acceptors (Lipinski definition) is 8. The number of aliphatic imine (C=N–C) groups is 1. The molecule has 1 aromatic carbocycles. The van der Waals surface area contributed by atoms with Crippen LogP contribution in [0.4, 0.5) is 4.79 Å². The number of ether oxygens (including phenoxy) is 2. The van der Waals surface area contributed by atoms with Crippen molar-refractivity contribution in [1.29, 1.82) is 0 Å². The number of rotatable bonds is 6. The van der Waals surface area contributed by atoms with Crippen molar-refractivity contribution in [2.45, 2.75) is 12.6 Å². The molecule has 31 heavy (non-hydrogen) atoms. The van der Waals surface area contributed by atoms with Gasteiger partial charge in [0.15, 0.2) is 12.3 Å². The number of likely N-dealkylation sites (N-methyl/N-ethyl adjacent to an activating group) is 2. The highest BCUT2D eigenvalue weighted by atomic mass is 16.5. The van der Waals surface area contributed by atoms with Gasteiger partial charge in [-0.3, -0.25) is 14.6 Å². The van der Waals surface area contributed by atoms with Gasteiger partial charge in [-0.25, -0.2) is 14.2 Å². The smallest absolute Gasteiger partial charge is 0.348 e. The fraction of sp³-hybridized carbons (Fsp3) is 0.300. The maximum atomic E-state index is 12.5. The van der Waals surface area contributed by atoms with Gasteiger partial charge >= 0.3 is 12.0 Å². The van der Waals surface area contributed by atoms with Crippen LogP contribution in [0.2, 0.25) is 0 Å². The Labute approximate surface area is 177 Å². The third-order valence-corrected chi connectivity index (χ3v) is 5.00. The Morgan fingerprint density at radius 2 is 2.03 bits per heavy atom. The summed E-state index contributed by atoms with van der Waals surface area (Å²) in [7, 11) is 4.49. The van der Waals surface area contributed by atoms with Crippen molar-refractivity contribution in [3.63, 3.8) is 0 Å². The average molecular weight is 426 g/mol. The van der Waals surface area contributed by atoms with Crippen LogP contribution in [0.5, 0.6) is 5.75 Å². The summed E-state index contributed by atoms with van der Waals surface area (Å²) in [4.78, 5) is 43.2. The maximum absolute atomic E-state index is 12.5. The molecule has 0 saturated carbocycles. The summed E-state index contributed by atoms with van der Waals surface area (Å²) in [6.45, 7) is -0.301. The average Bonchev–Trinajstić information content (AvgIpc) is 3.42. The van der Waals surface area contributed by atoms with E-state index in [-0.39, 0.29) is 19.0 Å². The number of carbonyl (C=O) groups excluding carboxylic acids is 3. The minimum absolute atomic E-state index is 0.0925. The number of amidine groups is 1. The van der Waals surface area contributed by atoms with Crippen LogP contribution < -0.4 is 4.74 Å². The van der Waals surface area contributed by atoms with Gasteiger partial charge in [0.1, 0.15) is 18.1 Å². The van der Waals surface area contributed by atoms with E-state index in [4.69, 9.17) is 14.0 Å². The van der Waals surface area contributed by atoms with Gasteiger partial charge < -0.3 is 14.0 Å². The highest BCUT2D eigenvalue weighted by Gasteiger charge is 2.50. The zero-order valence-corrected chi connectivity index (χ0v) is 17.1. The molecule has 11 nitrogen and oxygen atoms in total. The minimum Gasteiger partial charge on any atom is -0.497 e. The molecule has 1 saturated heterocycles.